The molecule has 3 aromatic heterocycles. The Morgan fingerprint density at radius 3 is 3.04 bits per heavy atom. The molecule has 4 rings (SSSR count). The Morgan fingerprint density at radius 2 is 2.27 bits per heavy atom. The van der Waals surface area contributed by atoms with Gasteiger partial charge in [0, 0.05) is 44.4 Å². The van der Waals surface area contributed by atoms with Crippen molar-refractivity contribution in [1.29, 1.82) is 0 Å². The van der Waals surface area contributed by atoms with E-state index in [1.807, 2.05) is 13.1 Å². The minimum Gasteiger partial charge on any atom is -0.446 e. The largest absolute Gasteiger partial charge is 0.446 e. The van der Waals surface area contributed by atoms with Crippen molar-refractivity contribution < 1.29 is 4.42 Å². The average Bonchev–Trinajstić information content (AvgIpc) is 3.37. The first-order valence-corrected chi connectivity index (χ1v) is 8.91. The quantitative estimate of drug-likeness (QED) is 0.666. The third kappa shape index (κ3) is 3.60. The van der Waals surface area contributed by atoms with Gasteiger partial charge in [0.05, 0.1) is 12.7 Å². The molecule has 4 heterocycles. The number of hydrogen-bond donors (Lipinski definition) is 0. The van der Waals surface area contributed by atoms with E-state index in [0.29, 0.717) is 24.3 Å². The van der Waals surface area contributed by atoms with E-state index in [9.17, 15) is 4.79 Å². The van der Waals surface area contributed by atoms with Gasteiger partial charge in [-0.2, -0.15) is 5.10 Å². The first-order chi connectivity index (χ1) is 12.7. The molecular formula is C18H22N6O2. The molecule has 8 heteroatoms. The summed E-state index contributed by atoms with van der Waals surface area (Å²) >= 11 is 0. The fraction of sp³-hybridized carbons (Fsp3) is 0.444. The Labute approximate surface area is 151 Å². The van der Waals surface area contributed by atoms with E-state index in [-0.39, 0.29) is 5.56 Å². The summed E-state index contributed by atoms with van der Waals surface area (Å²) in [4.78, 5) is 22.8. The van der Waals surface area contributed by atoms with Crippen LogP contribution in [-0.4, -0.2) is 48.3 Å². The molecule has 3 aromatic rings. The Kier molecular flexibility index (Phi) is 4.66. The van der Waals surface area contributed by atoms with Gasteiger partial charge in [-0.25, -0.2) is 14.6 Å². The zero-order chi connectivity index (χ0) is 17.9. The van der Waals surface area contributed by atoms with E-state index >= 15 is 0 Å². The van der Waals surface area contributed by atoms with E-state index in [1.165, 1.54) is 0 Å². The number of hydrogen-bond acceptors (Lipinski definition) is 6. The van der Waals surface area contributed by atoms with Gasteiger partial charge < -0.3 is 4.42 Å². The number of imidazole rings is 1. The summed E-state index contributed by atoms with van der Waals surface area (Å²) in [5, 5.41) is 4.51. The Morgan fingerprint density at radius 1 is 1.35 bits per heavy atom. The molecule has 0 spiro atoms. The van der Waals surface area contributed by atoms with Crippen molar-refractivity contribution in [3.05, 3.63) is 59.1 Å². The van der Waals surface area contributed by atoms with Crippen LogP contribution in [0, 0.1) is 6.92 Å². The maximum atomic E-state index is 12.3. The SMILES string of the molecule is Cc1ncc(CCN2CCCC2Cn2nc(-n3ccnc3)ccc2=O)o1. The minimum absolute atomic E-state index is 0.0772. The monoisotopic (exact) mass is 354 g/mol. The smallest absolute Gasteiger partial charge is 0.266 e. The van der Waals surface area contributed by atoms with Crippen LogP contribution in [0.25, 0.3) is 5.82 Å². The molecule has 1 atom stereocenters. The van der Waals surface area contributed by atoms with Crippen LogP contribution in [-0.2, 0) is 13.0 Å². The lowest BCUT2D eigenvalue weighted by atomic mass is 10.2. The molecule has 0 aromatic carbocycles. The lowest BCUT2D eigenvalue weighted by Crippen LogP contribution is -2.38. The standard InChI is InChI=1S/C18H22N6O2/c1-14-20-11-16(26-14)6-9-22-8-2-3-15(22)12-24-18(25)5-4-17(21-24)23-10-7-19-13-23/h4-5,7,10-11,13,15H,2-3,6,8-9,12H2,1H3. The molecule has 136 valence electrons. The molecule has 0 radical (unpaired) electrons. The molecular weight excluding hydrogens is 332 g/mol. The van der Waals surface area contributed by atoms with Crippen molar-refractivity contribution in [3.8, 4) is 5.82 Å². The van der Waals surface area contributed by atoms with Crippen LogP contribution >= 0.6 is 0 Å². The van der Waals surface area contributed by atoms with Crippen molar-refractivity contribution >= 4 is 0 Å². The average molecular weight is 354 g/mol. The summed E-state index contributed by atoms with van der Waals surface area (Å²) in [7, 11) is 0. The van der Waals surface area contributed by atoms with Crippen LogP contribution in [0.2, 0.25) is 0 Å². The zero-order valence-electron chi connectivity index (χ0n) is 14.8. The second-order valence-corrected chi connectivity index (χ2v) is 6.61. The number of likely N-dealkylation sites (tertiary alicyclic amines) is 1. The van der Waals surface area contributed by atoms with Crippen LogP contribution in [0.15, 0.2) is 46.3 Å². The fourth-order valence-electron chi connectivity index (χ4n) is 3.47. The highest BCUT2D eigenvalue weighted by Crippen LogP contribution is 2.19. The van der Waals surface area contributed by atoms with Gasteiger partial charge >= 0.3 is 0 Å². The number of rotatable bonds is 6. The molecule has 0 aliphatic carbocycles. The van der Waals surface area contributed by atoms with Gasteiger partial charge in [-0.05, 0) is 25.5 Å². The van der Waals surface area contributed by atoms with Crippen molar-refractivity contribution in [2.75, 3.05) is 13.1 Å². The summed E-state index contributed by atoms with van der Waals surface area (Å²) in [6.45, 7) is 4.38. The topological polar surface area (TPSA) is 82.0 Å². The molecule has 26 heavy (non-hydrogen) atoms. The van der Waals surface area contributed by atoms with Gasteiger partial charge in [-0.15, -0.1) is 0 Å². The van der Waals surface area contributed by atoms with E-state index in [4.69, 9.17) is 4.42 Å². The maximum absolute atomic E-state index is 12.3. The molecule has 1 aliphatic rings. The van der Waals surface area contributed by atoms with Gasteiger partial charge in [-0.1, -0.05) is 0 Å². The van der Waals surface area contributed by atoms with Crippen molar-refractivity contribution in [2.24, 2.45) is 0 Å². The van der Waals surface area contributed by atoms with Crippen molar-refractivity contribution in [2.45, 2.75) is 38.8 Å². The summed E-state index contributed by atoms with van der Waals surface area (Å²) in [6, 6.07) is 3.60. The van der Waals surface area contributed by atoms with Crippen LogP contribution in [0.5, 0.6) is 0 Å². The van der Waals surface area contributed by atoms with Gasteiger partial charge in [0.15, 0.2) is 11.7 Å². The van der Waals surface area contributed by atoms with Crippen LogP contribution in [0.4, 0.5) is 0 Å². The van der Waals surface area contributed by atoms with Gasteiger partial charge in [0.1, 0.15) is 12.1 Å². The fourth-order valence-corrected chi connectivity index (χ4v) is 3.47. The molecule has 1 aliphatic heterocycles. The van der Waals surface area contributed by atoms with Gasteiger partial charge in [0.25, 0.3) is 5.56 Å². The van der Waals surface area contributed by atoms with E-state index < -0.39 is 0 Å². The summed E-state index contributed by atoms with van der Waals surface area (Å²) < 4.78 is 8.93. The Hall–Kier alpha value is -2.74. The number of nitrogens with zero attached hydrogens (tertiary/aromatic N) is 6. The van der Waals surface area contributed by atoms with E-state index in [1.54, 1.807) is 40.1 Å². The zero-order valence-corrected chi connectivity index (χ0v) is 14.8. The lowest BCUT2D eigenvalue weighted by Gasteiger charge is -2.24. The van der Waals surface area contributed by atoms with E-state index in [2.05, 4.69) is 20.0 Å². The van der Waals surface area contributed by atoms with Crippen molar-refractivity contribution in [3.63, 3.8) is 0 Å². The highest BCUT2D eigenvalue weighted by Gasteiger charge is 2.25. The Bertz CT molecular complexity index is 914. The molecule has 0 N–H and O–H groups in total. The summed E-state index contributed by atoms with van der Waals surface area (Å²) in [5.41, 5.74) is -0.0772. The molecule has 1 saturated heterocycles. The molecule has 0 bridgehead atoms. The summed E-state index contributed by atoms with van der Waals surface area (Å²) in [5.74, 6) is 2.30. The lowest BCUT2D eigenvalue weighted by molar-refractivity contribution is 0.222. The van der Waals surface area contributed by atoms with Crippen LogP contribution in [0.3, 0.4) is 0 Å². The molecule has 1 fully saturated rings. The summed E-state index contributed by atoms with van der Waals surface area (Å²) in [6.07, 6.45) is 10.0. The molecule has 1 unspecified atom stereocenters. The first-order valence-electron chi connectivity index (χ1n) is 8.91. The van der Waals surface area contributed by atoms with Crippen molar-refractivity contribution in [1.82, 2.24) is 29.2 Å². The maximum Gasteiger partial charge on any atom is 0.266 e. The van der Waals surface area contributed by atoms with E-state index in [0.717, 1.165) is 38.1 Å². The Balaban J connectivity index is 1.45. The second kappa shape index (κ2) is 7.25. The number of aromatic nitrogens is 5. The predicted octanol–water partition coefficient (Wildman–Crippen LogP) is 1.43. The molecule has 8 nitrogen and oxygen atoms in total. The van der Waals surface area contributed by atoms with Gasteiger partial charge in [0.2, 0.25) is 0 Å². The minimum atomic E-state index is -0.0772. The van der Waals surface area contributed by atoms with Crippen LogP contribution in [0.1, 0.15) is 24.5 Å². The predicted molar refractivity (Wildman–Crippen MR) is 95.2 cm³/mol. The third-order valence-electron chi connectivity index (χ3n) is 4.82. The molecule has 0 saturated carbocycles. The number of aryl methyl sites for hydroxylation is 1. The normalized spacial score (nSPS) is 17.8. The first kappa shape index (κ1) is 16.7. The highest BCUT2D eigenvalue weighted by atomic mass is 16.4. The van der Waals surface area contributed by atoms with Gasteiger partial charge in [-0.3, -0.25) is 14.3 Å². The highest BCUT2D eigenvalue weighted by molar-refractivity contribution is 5.19. The molecule has 0 amide bonds. The number of oxazole rings is 1. The van der Waals surface area contributed by atoms with Crippen LogP contribution < -0.4 is 5.56 Å². The third-order valence-corrected chi connectivity index (χ3v) is 4.82. The second-order valence-electron chi connectivity index (χ2n) is 6.61.